The van der Waals surface area contributed by atoms with Crippen molar-refractivity contribution in [2.24, 2.45) is 5.92 Å². The van der Waals surface area contributed by atoms with E-state index in [2.05, 4.69) is 17.1 Å². The molecule has 0 spiro atoms. The highest BCUT2D eigenvalue weighted by Crippen LogP contribution is 2.29. The first-order chi connectivity index (χ1) is 5.84. The molecule has 1 N–H and O–H groups in total. The third kappa shape index (κ3) is 2.46. The molecule has 1 unspecified atom stereocenters. The lowest BCUT2D eigenvalue weighted by Gasteiger charge is -2.21. The van der Waals surface area contributed by atoms with E-state index in [4.69, 9.17) is 0 Å². The van der Waals surface area contributed by atoms with Crippen molar-refractivity contribution < 1.29 is 0 Å². The van der Waals surface area contributed by atoms with E-state index in [9.17, 15) is 0 Å². The quantitative estimate of drug-likeness (QED) is 0.664. The Kier molecular flexibility index (Phi) is 2.66. The molecule has 2 fully saturated rings. The number of nitrogens with zero attached hydrogens (tertiary/aromatic N) is 1. The second kappa shape index (κ2) is 3.75. The molecule has 0 aromatic heterocycles. The van der Waals surface area contributed by atoms with Crippen LogP contribution in [-0.2, 0) is 0 Å². The Morgan fingerprint density at radius 2 is 2.25 bits per heavy atom. The van der Waals surface area contributed by atoms with E-state index >= 15 is 0 Å². The van der Waals surface area contributed by atoms with E-state index in [0.29, 0.717) is 6.04 Å². The summed E-state index contributed by atoms with van der Waals surface area (Å²) >= 11 is 0. The summed E-state index contributed by atoms with van der Waals surface area (Å²) in [5, 5.41) is 3.53. The van der Waals surface area contributed by atoms with Crippen LogP contribution in [-0.4, -0.2) is 37.1 Å². The highest BCUT2D eigenvalue weighted by Gasteiger charge is 2.25. The third-order valence-electron chi connectivity index (χ3n) is 2.89. The van der Waals surface area contributed by atoms with Crippen LogP contribution in [0.5, 0.6) is 0 Å². The highest BCUT2D eigenvalue weighted by atomic mass is 15.2. The Labute approximate surface area is 75.3 Å². The fourth-order valence-electron chi connectivity index (χ4n) is 2.03. The van der Waals surface area contributed by atoms with Crippen molar-refractivity contribution in [1.82, 2.24) is 10.2 Å². The maximum absolute atomic E-state index is 3.53. The van der Waals surface area contributed by atoms with Gasteiger partial charge in [0.05, 0.1) is 0 Å². The summed E-state index contributed by atoms with van der Waals surface area (Å²) < 4.78 is 0. The van der Waals surface area contributed by atoms with Crippen LogP contribution in [0.2, 0.25) is 0 Å². The lowest BCUT2D eigenvalue weighted by atomic mass is 10.3. The average molecular weight is 168 g/mol. The summed E-state index contributed by atoms with van der Waals surface area (Å²) in [7, 11) is 0. The number of nitrogens with one attached hydrogen (secondary N) is 1. The van der Waals surface area contributed by atoms with E-state index in [-0.39, 0.29) is 0 Å². The van der Waals surface area contributed by atoms with Gasteiger partial charge in [-0.2, -0.15) is 0 Å². The smallest absolute Gasteiger partial charge is 0.0166 e. The van der Waals surface area contributed by atoms with Gasteiger partial charge in [0.15, 0.2) is 0 Å². The summed E-state index contributed by atoms with van der Waals surface area (Å²) in [6, 6.07) is 0.700. The van der Waals surface area contributed by atoms with Crippen LogP contribution >= 0.6 is 0 Å². The van der Waals surface area contributed by atoms with Crippen molar-refractivity contribution in [2.45, 2.75) is 32.2 Å². The van der Waals surface area contributed by atoms with Gasteiger partial charge in [-0.05, 0) is 45.2 Å². The van der Waals surface area contributed by atoms with Crippen molar-refractivity contribution in [3.05, 3.63) is 0 Å². The molecule has 1 saturated heterocycles. The third-order valence-corrected chi connectivity index (χ3v) is 2.89. The Balaban J connectivity index is 1.77. The zero-order valence-corrected chi connectivity index (χ0v) is 8.05. The maximum Gasteiger partial charge on any atom is 0.0166 e. The molecule has 0 bridgehead atoms. The summed E-state index contributed by atoms with van der Waals surface area (Å²) in [4.78, 5) is 2.64. The fourth-order valence-corrected chi connectivity index (χ4v) is 2.03. The molecule has 1 aliphatic heterocycles. The van der Waals surface area contributed by atoms with Crippen molar-refractivity contribution >= 4 is 0 Å². The van der Waals surface area contributed by atoms with Crippen molar-refractivity contribution in [2.75, 3.05) is 26.2 Å². The van der Waals surface area contributed by atoms with Gasteiger partial charge in [0, 0.05) is 19.1 Å². The zero-order chi connectivity index (χ0) is 8.39. The minimum Gasteiger partial charge on any atom is -0.313 e. The lowest BCUT2D eigenvalue weighted by Crippen LogP contribution is -2.36. The molecule has 0 aromatic rings. The molecule has 1 aliphatic carbocycles. The van der Waals surface area contributed by atoms with Crippen LogP contribution in [0.4, 0.5) is 0 Å². The maximum atomic E-state index is 3.53. The Hall–Kier alpha value is -0.0800. The van der Waals surface area contributed by atoms with E-state index in [0.717, 1.165) is 5.92 Å². The molecule has 1 atom stereocenters. The van der Waals surface area contributed by atoms with Crippen molar-refractivity contribution in [3.8, 4) is 0 Å². The summed E-state index contributed by atoms with van der Waals surface area (Å²) in [5.41, 5.74) is 0. The van der Waals surface area contributed by atoms with Gasteiger partial charge in [0.2, 0.25) is 0 Å². The minimum atomic E-state index is 0.700. The van der Waals surface area contributed by atoms with Gasteiger partial charge in [-0.1, -0.05) is 0 Å². The Morgan fingerprint density at radius 3 is 3.00 bits per heavy atom. The van der Waals surface area contributed by atoms with Crippen LogP contribution in [0.3, 0.4) is 0 Å². The SMILES string of the molecule is CC1CN(CC2CC2)CCCN1. The lowest BCUT2D eigenvalue weighted by molar-refractivity contribution is 0.262. The van der Waals surface area contributed by atoms with Crippen LogP contribution in [0.25, 0.3) is 0 Å². The predicted octanol–water partition coefficient (Wildman–Crippen LogP) is 1.08. The van der Waals surface area contributed by atoms with Gasteiger partial charge in [0.1, 0.15) is 0 Å². The molecule has 2 aliphatic rings. The van der Waals surface area contributed by atoms with Gasteiger partial charge in [-0.3, -0.25) is 0 Å². The van der Waals surface area contributed by atoms with Crippen LogP contribution in [0.15, 0.2) is 0 Å². The van der Waals surface area contributed by atoms with Crippen molar-refractivity contribution in [1.29, 1.82) is 0 Å². The molecule has 1 saturated carbocycles. The first-order valence-corrected chi connectivity index (χ1v) is 5.30. The average Bonchev–Trinajstić information content (AvgIpc) is 2.80. The summed E-state index contributed by atoms with van der Waals surface area (Å²) in [6.07, 6.45) is 4.30. The van der Waals surface area contributed by atoms with Crippen LogP contribution < -0.4 is 5.32 Å². The molecule has 2 heteroatoms. The molecule has 2 nitrogen and oxygen atoms in total. The number of hydrogen-bond acceptors (Lipinski definition) is 2. The molecule has 2 rings (SSSR count). The van der Waals surface area contributed by atoms with Gasteiger partial charge in [-0.15, -0.1) is 0 Å². The summed E-state index contributed by atoms with van der Waals surface area (Å²) in [5.74, 6) is 1.05. The Bertz CT molecular complexity index is 143. The normalized spacial score (nSPS) is 33.2. The van der Waals surface area contributed by atoms with E-state index in [1.165, 1.54) is 45.4 Å². The Morgan fingerprint density at radius 1 is 1.42 bits per heavy atom. The van der Waals surface area contributed by atoms with Gasteiger partial charge < -0.3 is 10.2 Å². The topological polar surface area (TPSA) is 15.3 Å². The van der Waals surface area contributed by atoms with E-state index < -0.39 is 0 Å². The largest absolute Gasteiger partial charge is 0.313 e. The second-order valence-corrected chi connectivity index (χ2v) is 4.41. The summed E-state index contributed by atoms with van der Waals surface area (Å²) in [6.45, 7) is 7.45. The standard InChI is InChI=1S/C10H20N2/c1-9-7-12(6-2-5-11-9)8-10-3-4-10/h9-11H,2-8H2,1H3. The number of rotatable bonds is 2. The molecule has 12 heavy (non-hydrogen) atoms. The van der Waals surface area contributed by atoms with Gasteiger partial charge in [0.25, 0.3) is 0 Å². The molecule has 1 heterocycles. The number of hydrogen-bond donors (Lipinski definition) is 1. The molecular formula is C10H20N2. The second-order valence-electron chi connectivity index (χ2n) is 4.41. The molecule has 0 radical (unpaired) electrons. The molecule has 70 valence electrons. The first-order valence-electron chi connectivity index (χ1n) is 5.30. The highest BCUT2D eigenvalue weighted by molar-refractivity contribution is 4.80. The van der Waals surface area contributed by atoms with Gasteiger partial charge >= 0.3 is 0 Å². The molecular weight excluding hydrogens is 148 g/mol. The van der Waals surface area contributed by atoms with Crippen LogP contribution in [0, 0.1) is 5.92 Å². The van der Waals surface area contributed by atoms with Gasteiger partial charge in [-0.25, -0.2) is 0 Å². The minimum absolute atomic E-state index is 0.700. The zero-order valence-electron chi connectivity index (χ0n) is 8.05. The monoisotopic (exact) mass is 168 g/mol. The fraction of sp³-hybridized carbons (Fsp3) is 1.00. The van der Waals surface area contributed by atoms with Crippen molar-refractivity contribution in [3.63, 3.8) is 0 Å². The van der Waals surface area contributed by atoms with E-state index in [1.807, 2.05) is 0 Å². The van der Waals surface area contributed by atoms with E-state index in [1.54, 1.807) is 0 Å². The first kappa shape index (κ1) is 8.52. The molecule has 0 amide bonds. The van der Waals surface area contributed by atoms with Crippen LogP contribution in [0.1, 0.15) is 26.2 Å². The predicted molar refractivity (Wildman–Crippen MR) is 51.2 cm³/mol. The molecule has 0 aromatic carbocycles.